The van der Waals surface area contributed by atoms with Gasteiger partial charge in [0.25, 0.3) is 0 Å². The van der Waals surface area contributed by atoms with E-state index >= 15 is 0 Å². The molecule has 0 bridgehead atoms. The Bertz CT molecular complexity index is 24.3. The van der Waals surface area contributed by atoms with Gasteiger partial charge in [0.15, 0.2) is 0 Å². The summed E-state index contributed by atoms with van der Waals surface area (Å²) in [6, 6.07) is 0. The summed E-state index contributed by atoms with van der Waals surface area (Å²) in [6.45, 7) is 0. The van der Waals surface area contributed by atoms with E-state index in [4.69, 9.17) is 11.1 Å². The van der Waals surface area contributed by atoms with Gasteiger partial charge in [0.05, 0.1) is 0 Å². The van der Waals surface area contributed by atoms with E-state index in [1.807, 2.05) is 0 Å². The van der Waals surface area contributed by atoms with Gasteiger partial charge < -0.3 is 0 Å². The third-order valence-corrected chi connectivity index (χ3v) is 0. The Morgan fingerprint density at radius 1 is 1.75 bits per heavy atom. The van der Waals surface area contributed by atoms with Crippen molar-refractivity contribution in [2.24, 2.45) is 0 Å². The van der Waals surface area contributed by atoms with Crippen LogP contribution in [0.5, 0.6) is 0 Å². The molecule has 0 amide bonds. The minimum absolute atomic E-state index is 0. The first-order valence-electron chi connectivity index (χ1n) is 0.424. The molecule has 0 saturated carbocycles. The van der Waals surface area contributed by atoms with E-state index in [0.29, 0.717) is 0 Å². The Balaban J connectivity index is 0. The number of nitrogens with one attached hydrogen (secondary N) is 1. The zero-order valence-electron chi connectivity index (χ0n) is 2.10. The van der Waals surface area contributed by atoms with Crippen LogP contribution in [0.4, 0.5) is 0 Å². The molecule has 4 heteroatoms. The summed E-state index contributed by atoms with van der Waals surface area (Å²) in [5.74, 6) is 0. The van der Waals surface area contributed by atoms with Gasteiger partial charge in [-0.25, -0.2) is 0 Å². The van der Waals surface area contributed by atoms with Gasteiger partial charge in [0, 0.05) is 0 Å². The Morgan fingerprint density at radius 2 is 1.75 bits per heavy atom. The van der Waals surface area contributed by atoms with Crippen molar-refractivity contribution in [3.05, 3.63) is 10.4 Å². The van der Waals surface area contributed by atoms with Crippen molar-refractivity contribution in [3.63, 3.8) is 0 Å². The van der Waals surface area contributed by atoms with Crippen LogP contribution >= 0.6 is 0 Å². The molecular weight excluding hydrogens is 161 g/mol. The fourth-order valence-electron chi connectivity index (χ4n) is 0. The molecule has 0 heterocycles. The summed E-state index contributed by atoms with van der Waals surface area (Å²) in [6.07, 6.45) is 0. The molecule has 22 valence electrons. The molecule has 0 fully saturated rings. The van der Waals surface area contributed by atoms with E-state index in [1.165, 1.54) is 0 Å². The van der Waals surface area contributed by atoms with Gasteiger partial charge in [0.2, 0.25) is 0 Å². The van der Waals surface area contributed by atoms with Crippen LogP contribution in [0.25, 0.3) is 10.4 Å². The van der Waals surface area contributed by atoms with Crippen LogP contribution in [-0.4, -0.2) is 23.9 Å². The van der Waals surface area contributed by atoms with E-state index in [1.54, 1.807) is 4.91 Å². The van der Waals surface area contributed by atoms with E-state index in [9.17, 15) is 0 Å². The predicted octanol–water partition coefficient (Wildman–Crippen LogP) is -0.0407. The summed E-state index contributed by atoms with van der Waals surface area (Å²) in [5.41, 5.74) is 12.2. The molecule has 1 N–H and O–H groups in total. The van der Waals surface area contributed by atoms with E-state index in [-0.39, 0.29) is 23.9 Å². The van der Waals surface area contributed by atoms with Crippen molar-refractivity contribution in [3.8, 4) is 0 Å². The SMILES string of the molecule is [N-]=[N+]=N.[SnH2]. The number of rotatable bonds is 0. The zero-order chi connectivity index (χ0) is 2.71. The van der Waals surface area contributed by atoms with Gasteiger partial charge >= 0.3 is 23.9 Å². The van der Waals surface area contributed by atoms with E-state index < -0.39 is 0 Å². The summed E-state index contributed by atoms with van der Waals surface area (Å²) in [5, 5.41) is 0. The fraction of sp³-hybridized carbons (Fsp3) is 0. The number of hydrogen-bond acceptors (Lipinski definition) is 1. The summed E-state index contributed by atoms with van der Waals surface area (Å²) in [4.78, 5) is 1.75. The molecule has 0 aliphatic heterocycles. The summed E-state index contributed by atoms with van der Waals surface area (Å²) >= 11 is 0. The molecule has 2 radical (unpaired) electrons. The van der Waals surface area contributed by atoms with Gasteiger partial charge in [-0.15, -0.1) is 5.53 Å². The quantitative estimate of drug-likeness (QED) is 0.226. The van der Waals surface area contributed by atoms with Crippen molar-refractivity contribution < 1.29 is 0 Å². The minimum atomic E-state index is 0. The van der Waals surface area contributed by atoms with Crippen LogP contribution in [-0.2, 0) is 0 Å². The van der Waals surface area contributed by atoms with Gasteiger partial charge in [-0.3, -0.25) is 0 Å². The molecule has 0 atom stereocenters. The Kier molecular flexibility index (Phi) is 25.1. The van der Waals surface area contributed by atoms with Gasteiger partial charge in [0.1, 0.15) is 0 Å². The first-order valence-corrected chi connectivity index (χ1v) is 0.424. The van der Waals surface area contributed by atoms with Crippen LogP contribution in [0.2, 0.25) is 0 Å². The van der Waals surface area contributed by atoms with Crippen molar-refractivity contribution in [1.82, 2.24) is 0 Å². The average Bonchev–Trinajstić information content (AvgIpc) is 0.918. The average molecular weight is 164 g/mol. The Labute approximate surface area is 40.4 Å². The van der Waals surface area contributed by atoms with Crippen LogP contribution in [0.1, 0.15) is 0 Å². The fourth-order valence-corrected chi connectivity index (χ4v) is 0. The van der Waals surface area contributed by atoms with Crippen LogP contribution in [0.3, 0.4) is 0 Å². The second kappa shape index (κ2) is 11.2. The van der Waals surface area contributed by atoms with Crippen molar-refractivity contribution in [2.45, 2.75) is 0 Å². The monoisotopic (exact) mass is 165 g/mol. The standard InChI is InChI=1S/HN3.Sn.2H/c1-3-2;;;/h1H;;;. The Hall–Kier alpha value is 0.109. The predicted molar refractivity (Wildman–Crippen MR) is 18.0 cm³/mol. The first kappa shape index (κ1) is 8.93. The molecule has 0 aliphatic rings. The number of nitrogens with zero attached hydrogens (tertiary/aromatic N) is 2. The van der Waals surface area contributed by atoms with E-state index in [2.05, 4.69) is 0 Å². The topological polar surface area (TPSA) is 60.3 Å². The van der Waals surface area contributed by atoms with Gasteiger partial charge in [-0.1, -0.05) is 0 Å². The molecule has 0 aromatic rings. The van der Waals surface area contributed by atoms with Crippen LogP contribution < -0.4 is 0 Å². The maximum atomic E-state index is 6.86. The molecule has 0 aromatic heterocycles. The zero-order valence-corrected chi connectivity index (χ0v) is 6.14. The molecule has 0 unspecified atom stereocenters. The van der Waals surface area contributed by atoms with Gasteiger partial charge in [-0.05, 0) is 10.4 Å². The second-order valence-corrected chi connectivity index (χ2v) is 0.100. The molecule has 4 heavy (non-hydrogen) atoms. The molecule has 0 aromatic carbocycles. The third kappa shape index (κ3) is 219. The summed E-state index contributed by atoms with van der Waals surface area (Å²) < 4.78 is 0. The molecule has 0 aliphatic carbocycles. The van der Waals surface area contributed by atoms with E-state index in [0.717, 1.165) is 0 Å². The van der Waals surface area contributed by atoms with Crippen LogP contribution in [0, 0.1) is 5.53 Å². The Morgan fingerprint density at radius 3 is 1.75 bits per heavy atom. The van der Waals surface area contributed by atoms with Crippen molar-refractivity contribution in [1.29, 1.82) is 5.53 Å². The first-order chi connectivity index (χ1) is 1.41. The molecule has 0 rings (SSSR count). The molecule has 0 saturated heterocycles. The van der Waals surface area contributed by atoms with Gasteiger partial charge in [-0.2, -0.15) is 0 Å². The maximum absolute atomic E-state index is 6.86. The van der Waals surface area contributed by atoms with Crippen molar-refractivity contribution >= 4 is 23.9 Å². The third-order valence-electron chi connectivity index (χ3n) is 0. The molecule has 3 nitrogen and oxygen atoms in total. The normalized spacial score (nSPS) is 2.00. The summed E-state index contributed by atoms with van der Waals surface area (Å²) in [7, 11) is 0. The van der Waals surface area contributed by atoms with Crippen molar-refractivity contribution in [2.75, 3.05) is 0 Å². The molecule has 0 spiro atoms. The second-order valence-electron chi connectivity index (χ2n) is 0.100. The number of hydrogen-bond donors (Lipinski definition) is 1. The molecular formula is H3N3Sn. The van der Waals surface area contributed by atoms with Crippen LogP contribution in [0.15, 0.2) is 0 Å².